The molecule has 0 aliphatic heterocycles. The predicted octanol–water partition coefficient (Wildman–Crippen LogP) is 4.49. The van der Waals surface area contributed by atoms with Crippen LogP contribution in [0.1, 0.15) is 34.1 Å². The average molecular weight is 224 g/mol. The Morgan fingerprint density at radius 2 is 1.93 bits per heavy atom. The maximum atomic E-state index is 6.30. The van der Waals surface area contributed by atoms with Gasteiger partial charge >= 0.3 is 0 Å². The molecular weight excluding hydrogens is 200 g/mol. The number of rotatable bonds is 2. The standard InChI is InChI=1S/C13H24OSi/c1-11-9-7-8-10-12(11)14-15(5,6)13(2,3)4/h7,9-11H,8H2,1-6H3. The van der Waals surface area contributed by atoms with Crippen molar-refractivity contribution >= 4 is 8.32 Å². The molecule has 1 nitrogen and oxygen atoms in total. The molecule has 0 fully saturated rings. The Morgan fingerprint density at radius 1 is 1.33 bits per heavy atom. The SMILES string of the molecule is CC1C=CCC=C1O[Si](C)(C)C(C)(C)C. The van der Waals surface area contributed by atoms with Gasteiger partial charge in [-0.25, -0.2) is 0 Å². The van der Waals surface area contributed by atoms with E-state index in [4.69, 9.17) is 4.43 Å². The monoisotopic (exact) mass is 224 g/mol. The molecule has 1 atom stereocenters. The Balaban J connectivity index is 2.74. The van der Waals surface area contributed by atoms with Crippen molar-refractivity contribution in [3.8, 4) is 0 Å². The van der Waals surface area contributed by atoms with Gasteiger partial charge in [0.15, 0.2) is 0 Å². The molecule has 0 saturated carbocycles. The molecule has 0 radical (unpaired) electrons. The van der Waals surface area contributed by atoms with Gasteiger partial charge in [0.25, 0.3) is 0 Å². The zero-order valence-electron chi connectivity index (χ0n) is 10.9. The molecule has 0 amide bonds. The normalized spacial score (nSPS) is 22.5. The lowest BCUT2D eigenvalue weighted by molar-refractivity contribution is 0.344. The maximum Gasteiger partial charge on any atom is 0.250 e. The molecule has 1 unspecified atom stereocenters. The Morgan fingerprint density at radius 3 is 2.40 bits per heavy atom. The maximum absolute atomic E-state index is 6.30. The molecule has 1 rings (SSSR count). The first-order valence-electron chi connectivity index (χ1n) is 5.80. The fraction of sp³-hybridized carbons (Fsp3) is 0.692. The average Bonchev–Trinajstić information content (AvgIpc) is 2.06. The smallest absolute Gasteiger partial charge is 0.250 e. The quantitative estimate of drug-likeness (QED) is 0.496. The van der Waals surface area contributed by atoms with Gasteiger partial charge in [0.05, 0.1) is 5.76 Å². The summed E-state index contributed by atoms with van der Waals surface area (Å²) in [7, 11) is -1.64. The van der Waals surface area contributed by atoms with Gasteiger partial charge in [-0.1, -0.05) is 39.8 Å². The van der Waals surface area contributed by atoms with Crippen molar-refractivity contribution in [2.45, 2.75) is 52.2 Å². The molecule has 15 heavy (non-hydrogen) atoms. The summed E-state index contributed by atoms with van der Waals surface area (Å²) in [6.45, 7) is 13.7. The summed E-state index contributed by atoms with van der Waals surface area (Å²) in [6, 6.07) is 0. The summed E-state index contributed by atoms with van der Waals surface area (Å²) in [5, 5.41) is 0.286. The molecular formula is C13H24OSi. The summed E-state index contributed by atoms with van der Waals surface area (Å²) >= 11 is 0. The van der Waals surface area contributed by atoms with Crippen molar-refractivity contribution in [1.82, 2.24) is 0 Å². The van der Waals surface area contributed by atoms with E-state index >= 15 is 0 Å². The fourth-order valence-electron chi connectivity index (χ4n) is 1.33. The molecule has 0 aromatic heterocycles. The van der Waals surface area contributed by atoms with Crippen molar-refractivity contribution in [2.24, 2.45) is 5.92 Å². The first-order valence-corrected chi connectivity index (χ1v) is 8.70. The Bertz CT molecular complexity index is 281. The van der Waals surface area contributed by atoms with E-state index in [1.807, 2.05) is 0 Å². The fourth-order valence-corrected chi connectivity index (χ4v) is 2.49. The minimum absolute atomic E-state index is 0.286. The molecule has 0 bridgehead atoms. The minimum atomic E-state index is -1.64. The second-order valence-corrected chi connectivity index (χ2v) is 10.6. The molecule has 0 aromatic rings. The van der Waals surface area contributed by atoms with Crippen molar-refractivity contribution in [3.05, 3.63) is 24.0 Å². The summed E-state index contributed by atoms with van der Waals surface area (Å²) in [5.41, 5.74) is 0. The summed E-state index contributed by atoms with van der Waals surface area (Å²) in [6.07, 6.45) is 7.70. The molecule has 0 N–H and O–H groups in total. The van der Waals surface area contributed by atoms with Crippen LogP contribution in [0, 0.1) is 5.92 Å². The lowest BCUT2D eigenvalue weighted by Crippen LogP contribution is -2.41. The zero-order valence-corrected chi connectivity index (χ0v) is 11.9. The van der Waals surface area contributed by atoms with Crippen molar-refractivity contribution in [1.29, 1.82) is 0 Å². The van der Waals surface area contributed by atoms with Crippen molar-refractivity contribution in [3.63, 3.8) is 0 Å². The van der Waals surface area contributed by atoms with E-state index < -0.39 is 8.32 Å². The Labute approximate surface area is 95.4 Å². The zero-order chi connectivity index (χ0) is 11.7. The van der Waals surface area contributed by atoms with Crippen LogP contribution in [0.2, 0.25) is 18.1 Å². The van der Waals surface area contributed by atoms with Gasteiger partial charge in [0.2, 0.25) is 8.32 Å². The van der Waals surface area contributed by atoms with Gasteiger partial charge in [-0.05, 0) is 30.6 Å². The Hall–Kier alpha value is -0.503. The van der Waals surface area contributed by atoms with E-state index in [0.29, 0.717) is 5.92 Å². The van der Waals surface area contributed by atoms with E-state index in [1.165, 1.54) is 5.76 Å². The Kier molecular flexibility index (Phi) is 3.49. The third kappa shape index (κ3) is 2.97. The topological polar surface area (TPSA) is 9.23 Å². The van der Waals surface area contributed by atoms with E-state index in [2.05, 4.69) is 59.0 Å². The molecule has 0 spiro atoms. The molecule has 0 aromatic carbocycles. The highest BCUT2D eigenvalue weighted by Crippen LogP contribution is 2.39. The first kappa shape index (κ1) is 12.6. The van der Waals surface area contributed by atoms with Crippen molar-refractivity contribution < 1.29 is 4.43 Å². The molecule has 2 heteroatoms. The molecule has 1 aliphatic rings. The first-order chi connectivity index (χ1) is 6.74. The van der Waals surface area contributed by atoms with Gasteiger partial charge in [0.1, 0.15) is 0 Å². The lowest BCUT2D eigenvalue weighted by atomic mass is 10.0. The molecule has 0 saturated heterocycles. The van der Waals surface area contributed by atoms with Crippen LogP contribution in [0.25, 0.3) is 0 Å². The van der Waals surface area contributed by atoms with Gasteiger partial charge in [-0.3, -0.25) is 0 Å². The molecule has 0 heterocycles. The number of hydrogen-bond donors (Lipinski definition) is 0. The van der Waals surface area contributed by atoms with Crippen LogP contribution in [-0.2, 0) is 4.43 Å². The van der Waals surface area contributed by atoms with Gasteiger partial charge in [-0.2, -0.15) is 0 Å². The third-order valence-corrected chi connectivity index (χ3v) is 7.87. The highest BCUT2D eigenvalue weighted by atomic mass is 28.4. The van der Waals surface area contributed by atoms with Crippen LogP contribution in [0.4, 0.5) is 0 Å². The summed E-state index contributed by atoms with van der Waals surface area (Å²) in [4.78, 5) is 0. The van der Waals surface area contributed by atoms with E-state index in [9.17, 15) is 0 Å². The predicted molar refractivity (Wildman–Crippen MR) is 69.3 cm³/mol. The minimum Gasteiger partial charge on any atom is -0.546 e. The van der Waals surface area contributed by atoms with Crippen LogP contribution in [-0.4, -0.2) is 8.32 Å². The van der Waals surface area contributed by atoms with E-state index in [1.54, 1.807) is 0 Å². The van der Waals surface area contributed by atoms with Crippen LogP contribution < -0.4 is 0 Å². The van der Waals surface area contributed by atoms with Gasteiger partial charge < -0.3 is 4.43 Å². The largest absolute Gasteiger partial charge is 0.546 e. The van der Waals surface area contributed by atoms with Crippen LogP contribution in [0.5, 0.6) is 0 Å². The van der Waals surface area contributed by atoms with Crippen molar-refractivity contribution in [2.75, 3.05) is 0 Å². The molecule has 1 aliphatic carbocycles. The second kappa shape index (κ2) is 4.16. The van der Waals surface area contributed by atoms with Crippen LogP contribution >= 0.6 is 0 Å². The second-order valence-electron chi connectivity index (χ2n) is 5.92. The van der Waals surface area contributed by atoms with Crippen LogP contribution in [0.15, 0.2) is 24.0 Å². The summed E-state index contributed by atoms with van der Waals surface area (Å²) < 4.78 is 6.30. The highest BCUT2D eigenvalue weighted by Gasteiger charge is 2.39. The molecule has 86 valence electrons. The van der Waals surface area contributed by atoms with E-state index in [0.717, 1.165) is 6.42 Å². The summed E-state index contributed by atoms with van der Waals surface area (Å²) in [5.74, 6) is 1.64. The van der Waals surface area contributed by atoms with Gasteiger partial charge in [-0.15, -0.1) is 0 Å². The number of allylic oxidation sites excluding steroid dienone is 3. The van der Waals surface area contributed by atoms with Crippen LogP contribution in [0.3, 0.4) is 0 Å². The number of hydrogen-bond acceptors (Lipinski definition) is 1. The third-order valence-electron chi connectivity index (χ3n) is 3.51. The van der Waals surface area contributed by atoms with Gasteiger partial charge in [0, 0.05) is 5.92 Å². The highest BCUT2D eigenvalue weighted by molar-refractivity contribution is 6.74. The van der Waals surface area contributed by atoms with E-state index in [-0.39, 0.29) is 5.04 Å². The lowest BCUT2D eigenvalue weighted by Gasteiger charge is -2.38.